The van der Waals surface area contributed by atoms with E-state index in [2.05, 4.69) is 6.58 Å². The van der Waals surface area contributed by atoms with Crippen LogP contribution in [0.4, 0.5) is 0 Å². The van der Waals surface area contributed by atoms with Gasteiger partial charge in [0, 0.05) is 17.0 Å². The van der Waals surface area contributed by atoms with Gasteiger partial charge in [-0.15, -0.1) is 11.6 Å². The topological polar surface area (TPSA) is 52.3 Å². The van der Waals surface area contributed by atoms with Crippen LogP contribution < -0.4 is 5.73 Å². The Morgan fingerprint density at radius 2 is 1.84 bits per heavy atom. The molecule has 106 valence electrons. The first kappa shape index (κ1) is 17.7. The molecule has 4 heteroatoms. The molecule has 3 nitrogen and oxygen atoms in total. The van der Waals surface area contributed by atoms with Crippen LogP contribution in [0.1, 0.15) is 26.3 Å². The molecule has 19 heavy (non-hydrogen) atoms. The van der Waals surface area contributed by atoms with E-state index in [-0.39, 0.29) is 11.5 Å². The van der Waals surface area contributed by atoms with Crippen molar-refractivity contribution in [1.82, 2.24) is 0 Å². The summed E-state index contributed by atoms with van der Waals surface area (Å²) in [7, 11) is 0. The maximum absolute atomic E-state index is 11.0. The second kappa shape index (κ2) is 8.73. The van der Waals surface area contributed by atoms with E-state index in [1.54, 1.807) is 6.92 Å². The Bertz CT molecular complexity index is 396. The lowest BCUT2D eigenvalue weighted by Crippen LogP contribution is -2.33. The van der Waals surface area contributed by atoms with Gasteiger partial charge in [0.05, 0.1) is 0 Å². The minimum absolute atomic E-state index is 0.193. The summed E-state index contributed by atoms with van der Waals surface area (Å²) in [6.45, 7) is 9.21. The standard InChI is InChI=1S/C11H12O2.C4H10ClN/c1-9(2)11(12)13-8-10-6-4-3-5-7-10;1-4(2,6)3-5/h3-7H,1,8H2,2H3;3,6H2,1-2H3. The summed E-state index contributed by atoms with van der Waals surface area (Å²) in [5.41, 5.74) is 6.62. The molecule has 0 saturated heterocycles. The summed E-state index contributed by atoms with van der Waals surface area (Å²) in [5, 5.41) is 0. The van der Waals surface area contributed by atoms with Gasteiger partial charge in [0.2, 0.25) is 0 Å². The fraction of sp³-hybridized carbons (Fsp3) is 0.400. The molecule has 0 atom stereocenters. The number of alkyl halides is 1. The zero-order chi connectivity index (χ0) is 14.9. The third kappa shape index (κ3) is 10.3. The number of carbonyl (C=O) groups is 1. The molecule has 0 amide bonds. The predicted molar refractivity (Wildman–Crippen MR) is 80.0 cm³/mol. The highest BCUT2D eigenvalue weighted by atomic mass is 35.5. The lowest BCUT2D eigenvalue weighted by Gasteiger charge is -2.11. The van der Waals surface area contributed by atoms with Gasteiger partial charge in [-0.1, -0.05) is 36.9 Å². The minimum atomic E-state index is -0.344. The van der Waals surface area contributed by atoms with Crippen molar-refractivity contribution in [2.45, 2.75) is 32.9 Å². The molecule has 0 fully saturated rings. The summed E-state index contributed by atoms with van der Waals surface area (Å²) in [5.74, 6) is 0.177. The van der Waals surface area contributed by atoms with Crippen molar-refractivity contribution in [1.29, 1.82) is 0 Å². The monoisotopic (exact) mass is 283 g/mol. The molecule has 0 aliphatic rings. The van der Waals surface area contributed by atoms with E-state index in [1.165, 1.54) is 0 Å². The molecule has 0 aromatic heterocycles. The van der Waals surface area contributed by atoms with Crippen LogP contribution >= 0.6 is 11.6 Å². The number of ether oxygens (including phenoxy) is 1. The third-order valence-corrected chi connectivity index (χ3v) is 2.59. The highest BCUT2D eigenvalue weighted by Gasteiger charge is 2.05. The molecule has 0 radical (unpaired) electrons. The van der Waals surface area contributed by atoms with Gasteiger partial charge in [-0.05, 0) is 26.3 Å². The summed E-state index contributed by atoms with van der Waals surface area (Å²) in [4.78, 5) is 11.0. The summed E-state index contributed by atoms with van der Waals surface area (Å²) < 4.78 is 4.95. The molecular weight excluding hydrogens is 262 g/mol. The van der Waals surface area contributed by atoms with Crippen molar-refractivity contribution in [3.63, 3.8) is 0 Å². The van der Waals surface area contributed by atoms with E-state index in [0.717, 1.165) is 5.56 Å². The highest BCUT2D eigenvalue weighted by molar-refractivity contribution is 6.18. The van der Waals surface area contributed by atoms with E-state index < -0.39 is 0 Å². The van der Waals surface area contributed by atoms with E-state index in [1.807, 2.05) is 44.2 Å². The zero-order valence-corrected chi connectivity index (χ0v) is 12.5. The quantitative estimate of drug-likeness (QED) is 0.524. The Hall–Kier alpha value is -1.32. The van der Waals surface area contributed by atoms with Gasteiger partial charge < -0.3 is 10.5 Å². The van der Waals surface area contributed by atoms with E-state index >= 15 is 0 Å². The Balaban J connectivity index is 0.000000459. The van der Waals surface area contributed by atoms with Gasteiger partial charge in [0.1, 0.15) is 6.61 Å². The van der Waals surface area contributed by atoms with E-state index in [9.17, 15) is 4.79 Å². The lowest BCUT2D eigenvalue weighted by molar-refractivity contribution is -0.140. The van der Waals surface area contributed by atoms with Crippen LogP contribution in [0.2, 0.25) is 0 Å². The van der Waals surface area contributed by atoms with Crippen molar-refractivity contribution in [2.75, 3.05) is 5.88 Å². The van der Waals surface area contributed by atoms with Crippen LogP contribution in [0.15, 0.2) is 42.5 Å². The normalized spacial score (nSPS) is 10.2. The van der Waals surface area contributed by atoms with Crippen LogP contribution in [-0.4, -0.2) is 17.4 Å². The first-order chi connectivity index (χ1) is 8.76. The predicted octanol–water partition coefficient (Wildman–Crippen LogP) is 3.27. The smallest absolute Gasteiger partial charge is 0.333 e. The second-order valence-corrected chi connectivity index (χ2v) is 5.23. The molecule has 0 spiro atoms. The molecular formula is C15H22ClNO2. The zero-order valence-electron chi connectivity index (χ0n) is 11.8. The van der Waals surface area contributed by atoms with Crippen molar-refractivity contribution in [3.05, 3.63) is 48.0 Å². The maximum Gasteiger partial charge on any atom is 0.333 e. The molecule has 0 unspecified atom stereocenters. The SMILES string of the molecule is C=C(C)C(=O)OCc1ccccc1.CC(C)(N)CCl. The Kier molecular flexibility index (Phi) is 8.12. The first-order valence-electron chi connectivity index (χ1n) is 5.97. The minimum Gasteiger partial charge on any atom is -0.457 e. The lowest BCUT2D eigenvalue weighted by atomic mass is 10.1. The molecule has 0 aliphatic carbocycles. The molecule has 0 heterocycles. The molecule has 1 aromatic carbocycles. The van der Waals surface area contributed by atoms with Gasteiger partial charge in [-0.25, -0.2) is 4.79 Å². The van der Waals surface area contributed by atoms with Crippen LogP contribution in [0, 0.1) is 0 Å². The Morgan fingerprint density at radius 3 is 2.21 bits per heavy atom. The van der Waals surface area contributed by atoms with Gasteiger partial charge in [0.25, 0.3) is 0 Å². The number of rotatable bonds is 4. The van der Waals surface area contributed by atoms with Crippen molar-refractivity contribution in [3.8, 4) is 0 Å². The maximum atomic E-state index is 11.0. The fourth-order valence-corrected chi connectivity index (χ4v) is 0.846. The molecule has 0 saturated carbocycles. The van der Waals surface area contributed by atoms with Crippen LogP contribution in [0.3, 0.4) is 0 Å². The number of esters is 1. The number of carbonyl (C=O) groups excluding carboxylic acids is 1. The Labute approximate surface area is 120 Å². The largest absolute Gasteiger partial charge is 0.457 e. The van der Waals surface area contributed by atoms with Gasteiger partial charge in [-0.3, -0.25) is 0 Å². The van der Waals surface area contributed by atoms with Crippen molar-refractivity contribution in [2.24, 2.45) is 5.73 Å². The van der Waals surface area contributed by atoms with Crippen LogP contribution in [0.25, 0.3) is 0 Å². The Morgan fingerprint density at radius 1 is 1.37 bits per heavy atom. The van der Waals surface area contributed by atoms with Crippen molar-refractivity contribution >= 4 is 17.6 Å². The summed E-state index contributed by atoms with van der Waals surface area (Å²) >= 11 is 5.35. The van der Waals surface area contributed by atoms with Crippen LogP contribution in [0.5, 0.6) is 0 Å². The molecule has 0 aliphatic heterocycles. The number of benzene rings is 1. The number of hydrogen-bond acceptors (Lipinski definition) is 3. The third-order valence-electron chi connectivity index (χ3n) is 1.91. The van der Waals surface area contributed by atoms with E-state index in [0.29, 0.717) is 18.1 Å². The second-order valence-electron chi connectivity index (χ2n) is 4.96. The fourth-order valence-electron chi connectivity index (χ4n) is 0.846. The average molecular weight is 284 g/mol. The van der Waals surface area contributed by atoms with Gasteiger partial charge in [-0.2, -0.15) is 0 Å². The molecule has 2 N–H and O–H groups in total. The molecule has 1 rings (SSSR count). The molecule has 1 aromatic rings. The van der Waals surface area contributed by atoms with Crippen LogP contribution in [-0.2, 0) is 16.1 Å². The summed E-state index contributed by atoms with van der Waals surface area (Å²) in [6.07, 6.45) is 0. The van der Waals surface area contributed by atoms with Gasteiger partial charge in [0.15, 0.2) is 0 Å². The first-order valence-corrected chi connectivity index (χ1v) is 6.51. The average Bonchev–Trinajstić information content (AvgIpc) is 2.37. The number of nitrogens with two attached hydrogens (primary N) is 1. The van der Waals surface area contributed by atoms with E-state index in [4.69, 9.17) is 22.1 Å². The summed E-state index contributed by atoms with van der Waals surface area (Å²) in [6, 6.07) is 9.55. The number of hydrogen-bond donors (Lipinski definition) is 1. The number of halogens is 1. The highest BCUT2D eigenvalue weighted by Crippen LogP contribution is 2.02. The van der Waals surface area contributed by atoms with Gasteiger partial charge >= 0.3 is 5.97 Å². The van der Waals surface area contributed by atoms with Crippen molar-refractivity contribution < 1.29 is 9.53 Å². The molecule has 0 bridgehead atoms.